The quantitative estimate of drug-likeness (QED) is 0.649. The summed E-state index contributed by atoms with van der Waals surface area (Å²) in [5.74, 6) is -1.13. The largest absolute Gasteiger partial charge is 0.317 e. The van der Waals surface area contributed by atoms with Crippen LogP contribution in [0.4, 0.5) is 5.69 Å². The van der Waals surface area contributed by atoms with Crippen LogP contribution in [0, 0.1) is 0 Å². The van der Waals surface area contributed by atoms with Crippen LogP contribution in [-0.4, -0.2) is 31.3 Å². The summed E-state index contributed by atoms with van der Waals surface area (Å²) in [6, 6.07) is 3.15. The maximum absolute atomic E-state index is 12.0. The molecular formula is C14H16Cl2N2O2. The lowest BCUT2D eigenvalue weighted by Gasteiger charge is -2.17. The molecule has 0 atom stereocenters. The molecular weight excluding hydrogens is 299 g/mol. The van der Waals surface area contributed by atoms with Crippen LogP contribution in [0.5, 0.6) is 0 Å². The lowest BCUT2D eigenvalue weighted by molar-refractivity contribution is -0.114. The summed E-state index contributed by atoms with van der Waals surface area (Å²) < 4.78 is 0. The van der Waals surface area contributed by atoms with Crippen LogP contribution in [0.15, 0.2) is 12.1 Å². The predicted octanol–water partition coefficient (Wildman–Crippen LogP) is 2.91. The molecule has 0 spiro atoms. The highest BCUT2D eigenvalue weighted by atomic mass is 35.5. The highest BCUT2D eigenvalue weighted by molar-refractivity contribution is 6.56. The van der Waals surface area contributed by atoms with E-state index in [1.54, 1.807) is 12.1 Å². The molecule has 0 saturated carbocycles. The molecule has 1 aliphatic rings. The molecule has 0 radical (unpaired) electrons. The van der Waals surface area contributed by atoms with Crippen LogP contribution in [0.25, 0.3) is 0 Å². The van der Waals surface area contributed by atoms with Gasteiger partial charge in [0.25, 0.3) is 11.7 Å². The summed E-state index contributed by atoms with van der Waals surface area (Å²) in [6.45, 7) is 4.28. The van der Waals surface area contributed by atoms with Gasteiger partial charge >= 0.3 is 0 Å². The lowest BCUT2D eigenvalue weighted by Crippen LogP contribution is -2.32. The fraction of sp³-hybridized carbons (Fsp3) is 0.429. The zero-order valence-electron chi connectivity index (χ0n) is 11.2. The van der Waals surface area contributed by atoms with Gasteiger partial charge in [0, 0.05) is 6.54 Å². The Balaban J connectivity index is 2.14. The van der Waals surface area contributed by atoms with Gasteiger partial charge in [-0.05, 0) is 38.1 Å². The van der Waals surface area contributed by atoms with Crippen molar-refractivity contribution in [1.29, 1.82) is 0 Å². The predicted molar refractivity (Wildman–Crippen MR) is 80.9 cm³/mol. The summed E-state index contributed by atoms with van der Waals surface area (Å²) >= 11 is 12.1. The van der Waals surface area contributed by atoms with E-state index in [1.165, 1.54) is 4.90 Å². The molecule has 1 aromatic rings. The zero-order chi connectivity index (χ0) is 14.7. The summed E-state index contributed by atoms with van der Waals surface area (Å²) in [6.07, 6.45) is 1.81. The van der Waals surface area contributed by atoms with Crippen molar-refractivity contribution in [3.8, 4) is 0 Å². The van der Waals surface area contributed by atoms with Crippen molar-refractivity contribution in [3.63, 3.8) is 0 Å². The van der Waals surface area contributed by atoms with Gasteiger partial charge in [0.15, 0.2) is 0 Å². The van der Waals surface area contributed by atoms with E-state index in [0.29, 0.717) is 17.3 Å². The first-order valence-electron chi connectivity index (χ1n) is 6.62. The second-order valence-electron chi connectivity index (χ2n) is 4.64. The molecule has 2 rings (SSSR count). The third-order valence-corrected chi connectivity index (χ3v) is 3.80. The molecule has 1 amide bonds. The van der Waals surface area contributed by atoms with Crippen molar-refractivity contribution in [2.75, 3.05) is 24.5 Å². The Labute approximate surface area is 128 Å². The SMILES string of the molecule is CCCNCCCN1C(=O)C(=O)c2c(Cl)ccc(Cl)c21. The Morgan fingerprint density at radius 2 is 1.85 bits per heavy atom. The van der Waals surface area contributed by atoms with E-state index in [9.17, 15) is 9.59 Å². The molecule has 1 N–H and O–H groups in total. The first-order valence-corrected chi connectivity index (χ1v) is 7.38. The fourth-order valence-electron chi connectivity index (χ4n) is 2.23. The number of benzene rings is 1. The fourth-order valence-corrected chi connectivity index (χ4v) is 2.73. The standard InChI is InChI=1S/C14H16Cl2N2O2/c1-2-6-17-7-3-8-18-12-10(16)5-4-9(15)11(12)13(19)14(18)20/h4-5,17H,2-3,6-8H2,1H3. The van der Waals surface area contributed by atoms with E-state index in [1.807, 2.05) is 0 Å². The molecule has 1 heterocycles. The van der Waals surface area contributed by atoms with Gasteiger partial charge in [-0.15, -0.1) is 0 Å². The van der Waals surface area contributed by atoms with Crippen molar-refractivity contribution < 1.29 is 9.59 Å². The van der Waals surface area contributed by atoms with Crippen molar-refractivity contribution in [1.82, 2.24) is 5.32 Å². The highest BCUT2D eigenvalue weighted by Gasteiger charge is 2.38. The number of hydrogen-bond acceptors (Lipinski definition) is 3. The molecule has 0 unspecified atom stereocenters. The minimum absolute atomic E-state index is 0.227. The number of hydrogen-bond donors (Lipinski definition) is 1. The third-order valence-electron chi connectivity index (χ3n) is 3.18. The monoisotopic (exact) mass is 314 g/mol. The van der Waals surface area contributed by atoms with Crippen LogP contribution >= 0.6 is 23.2 Å². The Hall–Kier alpha value is -1.10. The number of rotatable bonds is 6. The van der Waals surface area contributed by atoms with Gasteiger partial charge in [0.2, 0.25) is 0 Å². The molecule has 0 aliphatic carbocycles. The number of amides is 1. The van der Waals surface area contributed by atoms with E-state index < -0.39 is 11.7 Å². The Kier molecular flexibility index (Phi) is 5.02. The van der Waals surface area contributed by atoms with Gasteiger partial charge in [-0.1, -0.05) is 30.1 Å². The first kappa shape index (κ1) is 15.3. The van der Waals surface area contributed by atoms with Gasteiger partial charge in [0.05, 0.1) is 21.3 Å². The van der Waals surface area contributed by atoms with Crippen LogP contribution in [0.3, 0.4) is 0 Å². The third kappa shape index (κ3) is 2.82. The number of nitrogens with zero attached hydrogens (tertiary/aromatic N) is 1. The van der Waals surface area contributed by atoms with Crippen LogP contribution in [-0.2, 0) is 4.79 Å². The van der Waals surface area contributed by atoms with Gasteiger partial charge in [-0.2, -0.15) is 0 Å². The minimum atomic E-state index is -0.575. The number of halogens is 2. The Morgan fingerprint density at radius 1 is 1.15 bits per heavy atom. The van der Waals surface area contributed by atoms with Gasteiger partial charge in [-0.25, -0.2) is 0 Å². The topological polar surface area (TPSA) is 49.4 Å². The first-order chi connectivity index (χ1) is 9.57. The van der Waals surface area contributed by atoms with Gasteiger partial charge < -0.3 is 10.2 Å². The average Bonchev–Trinajstić information content (AvgIpc) is 2.68. The molecule has 0 aromatic heterocycles. The second kappa shape index (κ2) is 6.57. The van der Waals surface area contributed by atoms with E-state index in [4.69, 9.17) is 23.2 Å². The van der Waals surface area contributed by atoms with Crippen molar-refractivity contribution >= 4 is 40.6 Å². The summed E-state index contributed by atoms with van der Waals surface area (Å²) in [4.78, 5) is 25.4. The molecule has 0 saturated heterocycles. The minimum Gasteiger partial charge on any atom is -0.317 e. The number of Topliss-reactive ketones (excluding diaryl/α,β-unsaturated/α-hetero) is 1. The molecule has 0 fully saturated rings. The number of fused-ring (bicyclic) bond motifs is 1. The number of ketones is 1. The Bertz CT molecular complexity index is 546. The molecule has 6 heteroatoms. The van der Waals surface area contributed by atoms with E-state index in [-0.39, 0.29) is 10.6 Å². The zero-order valence-corrected chi connectivity index (χ0v) is 12.7. The average molecular weight is 315 g/mol. The molecule has 20 heavy (non-hydrogen) atoms. The summed E-state index contributed by atoms with van der Waals surface area (Å²) in [7, 11) is 0. The molecule has 0 bridgehead atoms. The van der Waals surface area contributed by atoms with Gasteiger partial charge in [-0.3, -0.25) is 9.59 Å². The summed E-state index contributed by atoms with van der Waals surface area (Å²) in [5.41, 5.74) is 0.676. The van der Waals surface area contributed by atoms with E-state index in [2.05, 4.69) is 12.2 Å². The maximum Gasteiger partial charge on any atom is 0.299 e. The summed E-state index contributed by atoms with van der Waals surface area (Å²) in [5, 5.41) is 3.91. The van der Waals surface area contributed by atoms with Crippen molar-refractivity contribution in [2.24, 2.45) is 0 Å². The van der Waals surface area contributed by atoms with Crippen molar-refractivity contribution in [2.45, 2.75) is 19.8 Å². The molecule has 108 valence electrons. The number of anilines is 1. The second-order valence-corrected chi connectivity index (χ2v) is 5.46. The normalized spacial score (nSPS) is 14.1. The smallest absolute Gasteiger partial charge is 0.299 e. The van der Waals surface area contributed by atoms with E-state index >= 15 is 0 Å². The molecule has 1 aliphatic heterocycles. The number of carbonyl (C=O) groups is 2. The lowest BCUT2D eigenvalue weighted by atomic mass is 10.1. The number of carbonyl (C=O) groups excluding carboxylic acids is 2. The van der Waals surface area contributed by atoms with Crippen molar-refractivity contribution in [3.05, 3.63) is 27.7 Å². The number of nitrogens with one attached hydrogen (secondary N) is 1. The highest BCUT2D eigenvalue weighted by Crippen LogP contribution is 2.39. The Morgan fingerprint density at radius 3 is 2.55 bits per heavy atom. The van der Waals surface area contributed by atoms with Crippen LogP contribution in [0.1, 0.15) is 30.1 Å². The maximum atomic E-state index is 12.0. The van der Waals surface area contributed by atoms with E-state index in [0.717, 1.165) is 25.9 Å². The van der Waals surface area contributed by atoms with Crippen LogP contribution in [0.2, 0.25) is 10.0 Å². The van der Waals surface area contributed by atoms with Gasteiger partial charge in [0.1, 0.15) is 0 Å². The molecule has 1 aromatic carbocycles. The molecule has 4 nitrogen and oxygen atoms in total. The van der Waals surface area contributed by atoms with Crippen LogP contribution < -0.4 is 10.2 Å².